The summed E-state index contributed by atoms with van der Waals surface area (Å²) >= 11 is 6.44. The lowest BCUT2D eigenvalue weighted by Gasteiger charge is -2.12. The highest BCUT2D eigenvalue weighted by Gasteiger charge is 2.15. The molecule has 0 atom stereocenters. The van der Waals surface area contributed by atoms with Crippen LogP contribution in [0.3, 0.4) is 0 Å². The van der Waals surface area contributed by atoms with Gasteiger partial charge < -0.3 is 9.97 Å². The van der Waals surface area contributed by atoms with Crippen molar-refractivity contribution in [3.05, 3.63) is 82.4 Å². The number of aromatic amines is 2. The minimum atomic E-state index is -0.0796. The second-order valence-corrected chi connectivity index (χ2v) is 6.65. The van der Waals surface area contributed by atoms with Gasteiger partial charge in [0.1, 0.15) is 5.65 Å². The van der Waals surface area contributed by atoms with Crippen LogP contribution in [0.15, 0.2) is 71.9 Å². The highest BCUT2D eigenvalue weighted by Crippen LogP contribution is 2.35. The van der Waals surface area contributed by atoms with Crippen molar-refractivity contribution in [2.24, 2.45) is 0 Å². The van der Waals surface area contributed by atoms with Crippen LogP contribution in [0.25, 0.3) is 44.5 Å². The molecule has 130 valence electrons. The number of fused-ring (bicyclic) bond motifs is 2. The molecule has 0 aliphatic carbocycles. The molecule has 3 aromatic heterocycles. The van der Waals surface area contributed by atoms with E-state index in [1.807, 2.05) is 48.5 Å². The molecule has 3 heterocycles. The van der Waals surface area contributed by atoms with Crippen LogP contribution < -0.4 is 5.43 Å². The van der Waals surface area contributed by atoms with Crippen LogP contribution in [0.2, 0.25) is 5.02 Å². The lowest BCUT2D eigenvalue weighted by molar-refractivity contribution is 1.28. The fourth-order valence-electron chi connectivity index (χ4n) is 3.29. The van der Waals surface area contributed by atoms with E-state index in [1.54, 1.807) is 12.5 Å². The number of H-pyrrole nitrogens is 2. The average molecular weight is 373 g/mol. The number of nitrogens with one attached hydrogen (secondary N) is 2. The number of rotatable bonds is 2. The Morgan fingerprint density at radius 2 is 1.78 bits per heavy atom. The fraction of sp³-hybridized carbons (Fsp3) is 0. The standard InChI is InChI=1S/C21H13ClN4O/c22-16-8-13(9-17-20(16)25-11-24-17)14-10-15-18(27)6-7-23-21(15)26-19(14)12-4-2-1-3-5-12/h1-11H,(H,24,25)(H,23,26,27). The van der Waals surface area contributed by atoms with Crippen LogP contribution >= 0.6 is 11.6 Å². The average Bonchev–Trinajstić information content (AvgIpc) is 3.17. The molecule has 27 heavy (non-hydrogen) atoms. The summed E-state index contributed by atoms with van der Waals surface area (Å²) in [5.41, 5.74) is 5.44. The van der Waals surface area contributed by atoms with Gasteiger partial charge in [-0.1, -0.05) is 41.9 Å². The molecular formula is C21H13ClN4O. The van der Waals surface area contributed by atoms with Gasteiger partial charge in [-0.2, -0.15) is 0 Å². The third-order valence-electron chi connectivity index (χ3n) is 4.58. The monoisotopic (exact) mass is 372 g/mol. The summed E-state index contributed by atoms with van der Waals surface area (Å²) in [7, 11) is 0. The molecular weight excluding hydrogens is 360 g/mol. The van der Waals surface area contributed by atoms with Crippen LogP contribution in [-0.2, 0) is 0 Å². The number of nitrogens with zero attached hydrogens (tertiary/aromatic N) is 2. The molecule has 0 spiro atoms. The first-order chi connectivity index (χ1) is 13.2. The SMILES string of the molecule is O=c1cc[nH]c2nc(-c3ccccc3)c(-c3cc(Cl)c4[nH]cnc4c3)cc12. The van der Waals surface area contributed by atoms with Crippen molar-refractivity contribution in [1.29, 1.82) is 0 Å². The largest absolute Gasteiger partial charge is 0.346 e. The highest BCUT2D eigenvalue weighted by molar-refractivity contribution is 6.35. The first-order valence-electron chi connectivity index (χ1n) is 8.41. The molecule has 0 saturated heterocycles. The Balaban J connectivity index is 1.88. The van der Waals surface area contributed by atoms with E-state index in [0.717, 1.165) is 33.4 Å². The minimum Gasteiger partial charge on any atom is -0.346 e. The summed E-state index contributed by atoms with van der Waals surface area (Å²) in [5, 5.41) is 1.10. The molecule has 0 radical (unpaired) electrons. The summed E-state index contributed by atoms with van der Waals surface area (Å²) in [6.07, 6.45) is 3.22. The lowest BCUT2D eigenvalue weighted by atomic mass is 9.97. The number of benzene rings is 2. The molecule has 6 heteroatoms. The predicted molar refractivity (Wildman–Crippen MR) is 108 cm³/mol. The Kier molecular flexibility index (Phi) is 3.55. The summed E-state index contributed by atoms with van der Waals surface area (Å²) in [5.74, 6) is 0. The summed E-state index contributed by atoms with van der Waals surface area (Å²) < 4.78 is 0. The smallest absolute Gasteiger partial charge is 0.191 e. The molecule has 0 amide bonds. The third kappa shape index (κ3) is 2.60. The van der Waals surface area contributed by atoms with Crippen LogP contribution in [0, 0.1) is 0 Å². The van der Waals surface area contributed by atoms with Gasteiger partial charge in [-0.05, 0) is 23.8 Å². The second kappa shape index (κ2) is 6.07. The Morgan fingerprint density at radius 3 is 2.63 bits per heavy atom. The van der Waals surface area contributed by atoms with E-state index in [0.29, 0.717) is 16.1 Å². The predicted octanol–water partition coefficient (Wildman–Crippen LogP) is 4.79. The van der Waals surface area contributed by atoms with Gasteiger partial charge in [-0.25, -0.2) is 9.97 Å². The van der Waals surface area contributed by atoms with E-state index in [4.69, 9.17) is 16.6 Å². The molecule has 0 saturated carbocycles. The van der Waals surface area contributed by atoms with Gasteiger partial charge in [0.15, 0.2) is 5.43 Å². The minimum absolute atomic E-state index is 0.0796. The van der Waals surface area contributed by atoms with Gasteiger partial charge in [0.25, 0.3) is 0 Å². The Labute approximate surface area is 158 Å². The molecule has 5 aromatic rings. The summed E-state index contributed by atoms with van der Waals surface area (Å²) in [4.78, 5) is 27.5. The maximum Gasteiger partial charge on any atom is 0.191 e. The summed E-state index contributed by atoms with van der Waals surface area (Å²) in [6.45, 7) is 0. The number of hydrogen-bond donors (Lipinski definition) is 2. The molecule has 0 fully saturated rings. The van der Waals surface area contributed by atoms with E-state index in [-0.39, 0.29) is 5.43 Å². The molecule has 2 N–H and O–H groups in total. The van der Waals surface area contributed by atoms with Crippen molar-refractivity contribution in [3.63, 3.8) is 0 Å². The number of pyridine rings is 2. The van der Waals surface area contributed by atoms with Crippen molar-refractivity contribution in [3.8, 4) is 22.4 Å². The molecule has 0 bridgehead atoms. The van der Waals surface area contributed by atoms with E-state index < -0.39 is 0 Å². The van der Waals surface area contributed by atoms with Crippen LogP contribution in [0.1, 0.15) is 0 Å². The van der Waals surface area contributed by atoms with Crippen LogP contribution in [0.4, 0.5) is 0 Å². The first-order valence-corrected chi connectivity index (χ1v) is 8.79. The second-order valence-electron chi connectivity index (χ2n) is 6.24. The molecule has 5 nitrogen and oxygen atoms in total. The molecule has 0 unspecified atom stereocenters. The van der Waals surface area contributed by atoms with Crippen LogP contribution in [-0.4, -0.2) is 19.9 Å². The van der Waals surface area contributed by atoms with Gasteiger partial charge in [0, 0.05) is 23.4 Å². The Hall–Kier alpha value is -3.44. The van der Waals surface area contributed by atoms with Gasteiger partial charge in [0.2, 0.25) is 0 Å². The van der Waals surface area contributed by atoms with E-state index in [9.17, 15) is 4.79 Å². The quantitative estimate of drug-likeness (QED) is 0.468. The zero-order valence-corrected chi connectivity index (χ0v) is 14.8. The van der Waals surface area contributed by atoms with Crippen molar-refractivity contribution >= 4 is 33.7 Å². The normalized spacial score (nSPS) is 11.3. The molecule has 5 rings (SSSR count). The van der Waals surface area contributed by atoms with Crippen LogP contribution in [0.5, 0.6) is 0 Å². The fourth-order valence-corrected chi connectivity index (χ4v) is 3.56. The first kappa shape index (κ1) is 15.8. The van der Waals surface area contributed by atoms with Crippen molar-refractivity contribution in [1.82, 2.24) is 19.9 Å². The zero-order valence-electron chi connectivity index (χ0n) is 14.0. The van der Waals surface area contributed by atoms with Crippen molar-refractivity contribution in [2.75, 3.05) is 0 Å². The lowest BCUT2D eigenvalue weighted by Crippen LogP contribution is -2.03. The number of imidazole rings is 1. The van der Waals surface area contributed by atoms with Gasteiger partial charge in [-0.15, -0.1) is 0 Å². The van der Waals surface area contributed by atoms with Gasteiger partial charge in [-0.3, -0.25) is 4.79 Å². The molecule has 0 aliphatic rings. The van der Waals surface area contributed by atoms with Gasteiger partial charge >= 0.3 is 0 Å². The molecule has 2 aromatic carbocycles. The number of aromatic nitrogens is 4. The summed E-state index contributed by atoms with van der Waals surface area (Å²) in [6, 6.07) is 17.1. The van der Waals surface area contributed by atoms with E-state index >= 15 is 0 Å². The maximum atomic E-state index is 12.3. The highest BCUT2D eigenvalue weighted by atomic mass is 35.5. The Morgan fingerprint density at radius 1 is 0.926 bits per heavy atom. The number of halogens is 1. The Bertz CT molecular complexity index is 1360. The number of hydrogen-bond acceptors (Lipinski definition) is 3. The maximum absolute atomic E-state index is 12.3. The molecule has 0 aliphatic heterocycles. The van der Waals surface area contributed by atoms with Crippen molar-refractivity contribution < 1.29 is 0 Å². The van der Waals surface area contributed by atoms with E-state index in [2.05, 4.69) is 15.0 Å². The van der Waals surface area contributed by atoms with E-state index in [1.165, 1.54) is 6.07 Å². The zero-order chi connectivity index (χ0) is 18.4. The topological polar surface area (TPSA) is 74.4 Å². The van der Waals surface area contributed by atoms with Crippen molar-refractivity contribution in [2.45, 2.75) is 0 Å². The van der Waals surface area contributed by atoms with Gasteiger partial charge in [0.05, 0.1) is 33.5 Å². The third-order valence-corrected chi connectivity index (χ3v) is 4.88.